The Bertz CT molecular complexity index is 1100. The molecule has 0 aromatic rings. The van der Waals surface area contributed by atoms with Crippen LogP contribution in [-0.4, -0.2) is 224 Å². The molecule has 0 aliphatic rings. The molecule has 39 heteroatoms. The van der Waals surface area contributed by atoms with E-state index in [1.54, 1.807) is 6.92 Å². The molecular weight excluding hydrogens is 1120 g/mol. The molecule has 0 atom stereocenters. The fourth-order valence-electron chi connectivity index (χ4n) is 0.324. The van der Waals surface area contributed by atoms with E-state index < -0.39 is 107 Å². The van der Waals surface area contributed by atoms with E-state index >= 15 is 0 Å². The number of carboxylic acid groups (broad SMARTS) is 18. The van der Waals surface area contributed by atoms with Crippen LogP contribution in [0.25, 0.3) is 0 Å². The number of esters is 1. The van der Waals surface area contributed by atoms with E-state index in [4.69, 9.17) is 183 Å². The lowest BCUT2D eigenvalue weighted by molar-refractivity contribution is -0.144. The van der Waals surface area contributed by atoms with Crippen molar-refractivity contribution in [1.29, 1.82) is 0 Å². The molecule has 480 valence electrons. The first kappa shape index (κ1) is 128. The van der Waals surface area contributed by atoms with Crippen molar-refractivity contribution in [2.24, 2.45) is 0 Å². The van der Waals surface area contributed by atoms with Crippen LogP contribution < -0.4 is 0 Å². The molecule has 39 nitrogen and oxygen atoms in total. The first-order valence-electron chi connectivity index (χ1n) is 19.3. The summed E-state index contributed by atoms with van der Waals surface area (Å²) in [5.41, 5.74) is 0. The van der Waals surface area contributed by atoms with Crippen molar-refractivity contribution < 1.29 is 193 Å². The molecule has 0 aliphatic carbocycles. The molecular formula is C41H82O39. The Morgan fingerprint density at radius 2 is 0.275 bits per heavy atom. The van der Waals surface area contributed by atoms with Crippen LogP contribution in [0.15, 0.2) is 0 Å². The van der Waals surface area contributed by atoms with Gasteiger partial charge in [0.15, 0.2) is 0 Å². The Kier molecular flexibility index (Phi) is 196. The lowest BCUT2D eigenvalue weighted by atomic mass is 10.5. The van der Waals surface area contributed by atoms with E-state index in [0.29, 0.717) is 6.61 Å². The zero-order valence-corrected chi connectivity index (χ0v) is 47.3. The van der Waals surface area contributed by atoms with Gasteiger partial charge >= 0.3 is 5.97 Å². The highest BCUT2D eigenvalue weighted by Crippen LogP contribution is 1.82. The van der Waals surface area contributed by atoms with Gasteiger partial charge in [0, 0.05) is 125 Å². The quantitative estimate of drug-likeness (QED) is 0.178. The zero-order valence-electron chi connectivity index (χ0n) is 47.3. The van der Waals surface area contributed by atoms with Gasteiger partial charge in [-0.3, -0.25) is 91.1 Å². The number of aliphatic hydroxyl groups is 1. The molecule has 80 heavy (non-hydrogen) atoms. The number of carbonyl (C=O) groups is 19. The van der Waals surface area contributed by atoms with Crippen LogP contribution in [0.5, 0.6) is 0 Å². The third-order valence-electron chi connectivity index (χ3n) is 0.621. The van der Waals surface area contributed by atoms with Gasteiger partial charge in [0.05, 0.1) is 19.6 Å². The largest absolute Gasteiger partial charge is 0.481 e. The minimum atomic E-state index is -0.833. The summed E-state index contributed by atoms with van der Waals surface area (Å²) in [6, 6.07) is 0. The Morgan fingerprint density at radius 3 is 0.312 bits per heavy atom. The first-order valence-corrected chi connectivity index (χ1v) is 19.3. The number of rotatable bonds is 3. The fourth-order valence-corrected chi connectivity index (χ4v) is 0.324. The average molecular weight is 1200 g/mol. The summed E-state index contributed by atoms with van der Waals surface area (Å²) in [4.78, 5) is 172. The second-order valence-corrected chi connectivity index (χ2v) is 10.6. The number of ether oxygens (including phenoxy) is 1. The monoisotopic (exact) mass is 1200 g/mol. The Morgan fingerprint density at radius 1 is 0.212 bits per heavy atom. The first-order chi connectivity index (χ1) is 35.0. The number of aliphatic carboxylic acids is 18. The Labute approximate surface area is 457 Å². The Hall–Kier alpha value is -10.1. The molecule has 0 bridgehead atoms. The molecule has 0 amide bonds. The summed E-state index contributed by atoms with van der Waals surface area (Å²) in [6.45, 7) is 21.5. The molecule has 0 rings (SSSR count). The van der Waals surface area contributed by atoms with Gasteiger partial charge in [0.1, 0.15) is 0 Å². The van der Waals surface area contributed by atoms with Gasteiger partial charge < -0.3 is 102 Å². The van der Waals surface area contributed by atoms with Crippen LogP contribution in [0.3, 0.4) is 0 Å². The van der Waals surface area contributed by atoms with Crippen molar-refractivity contribution in [2.75, 3.05) is 13.2 Å². The van der Waals surface area contributed by atoms with Crippen molar-refractivity contribution in [2.45, 2.75) is 138 Å². The van der Waals surface area contributed by atoms with Gasteiger partial charge in [-0.05, 0) is 6.92 Å². The fraction of sp³-hybridized carbons (Fsp3) is 0.537. The third-order valence-corrected chi connectivity index (χ3v) is 0.621. The van der Waals surface area contributed by atoms with Crippen molar-refractivity contribution in [3.8, 4) is 0 Å². The highest BCUT2D eigenvalue weighted by atomic mass is 16.5. The van der Waals surface area contributed by atoms with E-state index in [1.807, 2.05) is 0 Å². The summed E-state index contributed by atoms with van der Waals surface area (Å²) >= 11 is 0. The van der Waals surface area contributed by atoms with Crippen LogP contribution >= 0.6 is 0 Å². The minimum absolute atomic E-state index is 0.105. The summed E-state index contributed by atoms with van der Waals surface area (Å²) in [5, 5.41) is 142. The maximum absolute atomic E-state index is 10.3. The maximum atomic E-state index is 10.3. The van der Waals surface area contributed by atoms with Gasteiger partial charge in [-0.25, -0.2) is 0 Å². The van der Waals surface area contributed by atoms with Crippen molar-refractivity contribution in [3.05, 3.63) is 0 Å². The molecule has 0 fully saturated rings. The van der Waals surface area contributed by atoms with Crippen LogP contribution in [0.1, 0.15) is 138 Å². The predicted molar refractivity (Wildman–Crippen MR) is 268 cm³/mol. The van der Waals surface area contributed by atoms with Crippen molar-refractivity contribution in [3.63, 3.8) is 0 Å². The number of aliphatic hydroxyl groups excluding tert-OH is 1. The summed E-state index contributed by atoms with van der Waals surface area (Å²) in [5.74, 6) is -15.3. The van der Waals surface area contributed by atoms with E-state index in [2.05, 4.69) is 4.74 Å². The Balaban J connectivity index is -0.0000000290. The molecule has 0 saturated heterocycles. The lowest BCUT2D eigenvalue weighted by Crippen LogP contribution is -2.05. The average Bonchev–Trinajstić information content (AvgIpc) is 3.04. The van der Waals surface area contributed by atoms with Crippen LogP contribution in [0, 0.1) is 0 Å². The smallest absolute Gasteiger partial charge is 0.308 e. The second kappa shape index (κ2) is 123. The molecule has 0 heterocycles. The molecule has 0 aliphatic heterocycles. The number of carbonyl (C=O) groups excluding carboxylic acids is 1. The van der Waals surface area contributed by atoms with Crippen molar-refractivity contribution in [1.82, 2.24) is 0 Å². The minimum Gasteiger partial charge on any atom is -0.481 e. The van der Waals surface area contributed by atoms with Gasteiger partial charge in [-0.15, -0.1) is 0 Å². The van der Waals surface area contributed by atoms with E-state index in [0.717, 1.165) is 125 Å². The van der Waals surface area contributed by atoms with E-state index in [1.165, 1.54) is 0 Å². The molecule has 0 aromatic carbocycles. The van der Waals surface area contributed by atoms with Gasteiger partial charge in [0.25, 0.3) is 107 Å². The van der Waals surface area contributed by atoms with Crippen LogP contribution in [-0.2, 0) is 95.8 Å². The summed E-state index contributed by atoms with van der Waals surface area (Å²) in [7, 11) is 0. The van der Waals surface area contributed by atoms with Crippen LogP contribution in [0.2, 0.25) is 0 Å². The summed E-state index contributed by atoms with van der Waals surface area (Å²) < 4.78 is 4.48. The van der Waals surface area contributed by atoms with Gasteiger partial charge in [0.2, 0.25) is 0 Å². The van der Waals surface area contributed by atoms with E-state index in [9.17, 15) is 4.79 Å². The highest BCUT2D eigenvalue weighted by molar-refractivity contribution is 5.69. The molecule has 0 saturated carbocycles. The molecule has 19 N–H and O–H groups in total. The number of carboxylic acids is 18. The highest BCUT2D eigenvalue weighted by Gasteiger charge is 1.96. The third kappa shape index (κ3) is 18000. The maximum Gasteiger partial charge on any atom is 0.308 e. The topological polar surface area (TPSA) is 718 Å². The standard InChI is InChI=1S/C5H10O3.18C2H4O2/c1-2-8-5(7)3-4-6;18*1-2(3)4/h6H,2-4H2,1H3;18*1H3,(H,3,4). The number of hydrogen-bond donors (Lipinski definition) is 19. The van der Waals surface area contributed by atoms with Gasteiger partial charge in [-0.1, -0.05) is 0 Å². The molecule has 0 spiro atoms. The predicted octanol–water partition coefficient (Wildman–Crippen LogP) is 1.57. The van der Waals surface area contributed by atoms with Crippen molar-refractivity contribution >= 4 is 113 Å². The van der Waals surface area contributed by atoms with Gasteiger partial charge in [-0.2, -0.15) is 0 Å². The lowest BCUT2D eigenvalue weighted by Gasteiger charge is -1.96. The zero-order chi connectivity index (χ0) is 70.8. The second-order valence-electron chi connectivity index (χ2n) is 10.6. The molecule has 0 aromatic heterocycles. The number of hydrogen-bond acceptors (Lipinski definition) is 21. The normalized spacial score (nSPS) is 6.50. The summed E-state index contributed by atoms with van der Waals surface area (Å²) in [6.07, 6.45) is 0.105. The SMILES string of the molecule is CC(=O)O.CC(=O)O.CC(=O)O.CC(=O)O.CC(=O)O.CC(=O)O.CC(=O)O.CC(=O)O.CC(=O)O.CC(=O)O.CC(=O)O.CC(=O)O.CC(=O)O.CC(=O)O.CC(=O)O.CC(=O)O.CC(=O)O.CC(=O)O.CCOC(=O)CCO. The van der Waals surface area contributed by atoms with Crippen LogP contribution in [0.4, 0.5) is 0 Å². The molecule has 0 unspecified atom stereocenters. The molecule has 0 radical (unpaired) electrons. The van der Waals surface area contributed by atoms with E-state index in [-0.39, 0.29) is 19.0 Å².